The van der Waals surface area contributed by atoms with Gasteiger partial charge in [0.25, 0.3) is 0 Å². The fourth-order valence-electron chi connectivity index (χ4n) is 1.06. The molecular weight excluding hydrogens is 170 g/mol. The topological polar surface area (TPSA) is 122 Å². The van der Waals surface area contributed by atoms with Crippen LogP contribution in [0.15, 0.2) is 12.3 Å². The minimum Gasteiger partial charge on any atom is -0.397 e. The van der Waals surface area contributed by atoms with E-state index in [1.54, 1.807) is 12.3 Å². The molecule has 0 radical (unpaired) electrons. The van der Waals surface area contributed by atoms with E-state index >= 15 is 0 Å². The molecule has 0 aliphatic carbocycles. The SMILES string of the molecule is Nc1ccnc2c1nnn2C(N)N. The Morgan fingerprint density at radius 3 is 2.85 bits per heavy atom. The first kappa shape index (κ1) is 7.90. The van der Waals surface area contributed by atoms with Crippen molar-refractivity contribution in [2.45, 2.75) is 6.29 Å². The number of aromatic nitrogens is 4. The van der Waals surface area contributed by atoms with Gasteiger partial charge in [-0.2, -0.15) is 4.68 Å². The van der Waals surface area contributed by atoms with E-state index in [2.05, 4.69) is 15.3 Å². The molecule has 13 heavy (non-hydrogen) atoms. The first-order valence-corrected chi connectivity index (χ1v) is 3.66. The van der Waals surface area contributed by atoms with Crippen LogP contribution in [-0.2, 0) is 0 Å². The molecule has 0 saturated carbocycles. The smallest absolute Gasteiger partial charge is 0.183 e. The van der Waals surface area contributed by atoms with Gasteiger partial charge in [0.2, 0.25) is 0 Å². The van der Waals surface area contributed by atoms with E-state index in [1.165, 1.54) is 4.68 Å². The van der Waals surface area contributed by atoms with Gasteiger partial charge in [0.05, 0.1) is 5.69 Å². The number of nitrogens with zero attached hydrogens (tertiary/aromatic N) is 4. The quantitative estimate of drug-likeness (QED) is 0.472. The van der Waals surface area contributed by atoms with E-state index < -0.39 is 6.29 Å². The van der Waals surface area contributed by atoms with E-state index in [0.29, 0.717) is 16.9 Å². The third-order valence-electron chi connectivity index (χ3n) is 1.68. The highest BCUT2D eigenvalue weighted by molar-refractivity contribution is 5.82. The maximum Gasteiger partial charge on any atom is 0.183 e. The number of anilines is 1. The van der Waals surface area contributed by atoms with Crippen LogP contribution < -0.4 is 17.2 Å². The highest BCUT2D eigenvalue weighted by Gasteiger charge is 2.10. The molecule has 0 aliphatic rings. The zero-order valence-corrected chi connectivity index (χ0v) is 6.75. The van der Waals surface area contributed by atoms with Crippen LogP contribution >= 0.6 is 0 Å². The van der Waals surface area contributed by atoms with Crippen molar-refractivity contribution < 1.29 is 0 Å². The number of rotatable bonds is 1. The summed E-state index contributed by atoms with van der Waals surface area (Å²) in [4.78, 5) is 4.02. The summed E-state index contributed by atoms with van der Waals surface area (Å²) < 4.78 is 1.31. The summed E-state index contributed by atoms with van der Waals surface area (Å²) in [6, 6.07) is 1.64. The van der Waals surface area contributed by atoms with Crippen molar-refractivity contribution >= 4 is 16.9 Å². The minimum atomic E-state index is -0.751. The summed E-state index contributed by atoms with van der Waals surface area (Å²) >= 11 is 0. The van der Waals surface area contributed by atoms with Crippen LogP contribution in [0.1, 0.15) is 6.29 Å². The molecule has 0 amide bonds. The zero-order chi connectivity index (χ0) is 9.42. The van der Waals surface area contributed by atoms with E-state index in [-0.39, 0.29) is 0 Å². The van der Waals surface area contributed by atoms with Gasteiger partial charge >= 0.3 is 0 Å². The molecule has 0 fully saturated rings. The molecule has 7 heteroatoms. The fourth-order valence-corrected chi connectivity index (χ4v) is 1.06. The molecule has 68 valence electrons. The van der Waals surface area contributed by atoms with Crippen molar-refractivity contribution in [1.82, 2.24) is 20.0 Å². The summed E-state index contributed by atoms with van der Waals surface area (Å²) in [7, 11) is 0. The van der Waals surface area contributed by atoms with Crippen LogP contribution in [0.25, 0.3) is 11.2 Å². The molecule has 0 aromatic carbocycles. The number of pyridine rings is 1. The lowest BCUT2D eigenvalue weighted by atomic mass is 10.4. The van der Waals surface area contributed by atoms with Crippen LogP contribution in [0.4, 0.5) is 5.69 Å². The fraction of sp³-hybridized carbons (Fsp3) is 0.167. The molecule has 0 aliphatic heterocycles. The summed E-state index contributed by atoms with van der Waals surface area (Å²) in [5.74, 6) is 0. The van der Waals surface area contributed by atoms with Crippen LogP contribution in [0.3, 0.4) is 0 Å². The van der Waals surface area contributed by atoms with Crippen LogP contribution in [0, 0.1) is 0 Å². The molecule has 0 spiro atoms. The minimum absolute atomic E-state index is 0.495. The largest absolute Gasteiger partial charge is 0.397 e. The van der Waals surface area contributed by atoms with E-state index in [9.17, 15) is 0 Å². The summed E-state index contributed by atoms with van der Waals surface area (Å²) in [6.45, 7) is 0. The Morgan fingerprint density at radius 2 is 2.15 bits per heavy atom. The Bertz CT molecular complexity index is 431. The van der Waals surface area contributed by atoms with Crippen LogP contribution in [0.2, 0.25) is 0 Å². The van der Waals surface area contributed by atoms with Crippen molar-refractivity contribution in [2.24, 2.45) is 11.5 Å². The Kier molecular flexibility index (Phi) is 1.61. The molecular formula is C6H9N7. The molecule has 6 N–H and O–H groups in total. The maximum absolute atomic E-state index is 5.63. The molecule has 2 rings (SSSR count). The molecule has 7 nitrogen and oxygen atoms in total. The lowest BCUT2D eigenvalue weighted by Crippen LogP contribution is -2.28. The molecule has 2 heterocycles. The molecule has 0 atom stereocenters. The third-order valence-corrected chi connectivity index (χ3v) is 1.68. The van der Waals surface area contributed by atoms with Gasteiger partial charge < -0.3 is 5.73 Å². The van der Waals surface area contributed by atoms with Crippen molar-refractivity contribution in [2.75, 3.05) is 5.73 Å². The average molecular weight is 179 g/mol. The number of hydrogen-bond acceptors (Lipinski definition) is 6. The normalized spacial score (nSPS) is 11.3. The number of fused-ring (bicyclic) bond motifs is 1. The van der Waals surface area contributed by atoms with Gasteiger partial charge in [0.15, 0.2) is 17.5 Å². The summed E-state index contributed by atoms with van der Waals surface area (Å²) in [6.07, 6.45) is 0.805. The molecule has 0 saturated heterocycles. The highest BCUT2D eigenvalue weighted by atomic mass is 15.5. The number of nitrogens with two attached hydrogens (primary N) is 3. The molecule has 2 aromatic rings. The standard InChI is InChI=1S/C6H9N7/c7-3-1-2-10-5-4(3)11-12-13(5)6(8)9/h1-2,6H,8-9H2,(H2,7,10). The van der Waals surface area contributed by atoms with Crippen molar-refractivity contribution in [3.05, 3.63) is 12.3 Å². The Labute approximate surface area is 73.5 Å². The van der Waals surface area contributed by atoms with Crippen LogP contribution in [0.5, 0.6) is 0 Å². The van der Waals surface area contributed by atoms with Gasteiger partial charge in [-0.25, -0.2) is 4.98 Å². The molecule has 0 bridgehead atoms. The van der Waals surface area contributed by atoms with Gasteiger partial charge in [0.1, 0.15) is 0 Å². The van der Waals surface area contributed by atoms with Gasteiger partial charge in [-0.15, -0.1) is 5.10 Å². The van der Waals surface area contributed by atoms with Gasteiger partial charge in [-0.1, -0.05) is 5.21 Å². The number of hydrogen-bond donors (Lipinski definition) is 3. The predicted molar refractivity (Wildman–Crippen MR) is 47.1 cm³/mol. The first-order valence-electron chi connectivity index (χ1n) is 3.66. The van der Waals surface area contributed by atoms with Crippen molar-refractivity contribution in [3.63, 3.8) is 0 Å². The number of nitrogen functional groups attached to an aromatic ring is 1. The lowest BCUT2D eigenvalue weighted by Gasteiger charge is -2.03. The highest BCUT2D eigenvalue weighted by Crippen LogP contribution is 2.15. The predicted octanol–water partition coefficient (Wildman–Crippen LogP) is -1.22. The summed E-state index contributed by atoms with van der Waals surface area (Å²) in [5.41, 5.74) is 18.0. The first-order chi connectivity index (χ1) is 6.20. The van der Waals surface area contributed by atoms with Gasteiger partial charge in [-0.3, -0.25) is 11.5 Å². The monoisotopic (exact) mass is 179 g/mol. The van der Waals surface area contributed by atoms with Crippen molar-refractivity contribution in [1.29, 1.82) is 0 Å². The maximum atomic E-state index is 5.63. The lowest BCUT2D eigenvalue weighted by molar-refractivity contribution is 0.483. The average Bonchev–Trinajstić information content (AvgIpc) is 2.48. The van der Waals surface area contributed by atoms with Crippen LogP contribution in [-0.4, -0.2) is 20.0 Å². The Morgan fingerprint density at radius 1 is 1.38 bits per heavy atom. The Balaban J connectivity index is 2.75. The van der Waals surface area contributed by atoms with E-state index in [0.717, 1.165) is 0 Å². The van der Waals surface area contributed by atoms with Crippen molar-refractivity contribution in [3.8, 4) is 0 Å². The molecule has 2 aromatic heterocycles. The van der Waals surface area contributed by atoms with E-state index in [1.807, 2.05) is 0 Å². The van der Waals surface area contributed by atoms with Gasteiger partial charge in [0, 0.05) is 6.20 Å². The summed E-state index contributed by atoms with van der Waals surface area (Å²) in [5, 5.41) is 7.53. The molecule has 0 unspecified atom stereocenters. The second-order valence-corrected chi connectivity index (χ2v) is 2.60. The van der Waals surface area contributed by atoms with E-state index in [4.69, 9.17) is 17.2 Å². The third kappa shape index (κ3) is 1.10. The van der Waals surface area contributed by atoms with Gasteiger partial charge in [-0.05, 0) is 6.07 Å². The second kappa shape index (κ2) is 2.64. The Hall–Kier alpha value is -1.73. The second-order valence-electron chi connectivity index (χ2n) is 2.60. The zero-order valence-electron chi connectivity index (χ0n) is 6.75.